The van der Waals surface area contributed by atoms with Gasteiger partial charge in [-0.2, -0.15) is 21.6 Å². The van der Waals surface area contributed by atoms with Crippen LogP contribution in [0.4, 0.5) is 13.2 Å². The van der Waals surface area contributed by atoms with E-state index in [1.807, 2.05) is 0 Å². The maximum Gasteiger partial charge on any atom is 0.523 e. The molecule has 0 aromatic carbocycles. The molecule has 0 radical (unpaired) electrons. The molecule has 0 aromatic rings. The van der Waals surface area contributed by atoms with Gasteiger partial charge in [-0.15, -0.1) is 0 Å². The number of rotatable bonds is 6. The molecule has 0 aliphatic carbocycles. The third-order valence-electron chi connectivity index (χ3n) is 1.26. The molecule has 0 fully saturated rings. The number of halogens is 3. The first-order valence-electron chi connectivity index (χ1n) is 4.24. The highest BCUT2D eigenvalue weighted by molar-refractivity contribution is 7.87. The predicted octanol–water partition coefficient (Wildman–Crippen LogP) is 1.67. The summed E-state index contributed by atoms with van der Waals surface area (Å²) >= 11 is 0. The Kier molecular flexibility index (Phi) is 5.54. The standard InChI is InChI=1S/C7H13F3O4S/c1-6(2)13-4-3-5-14-15(11,12)7(8,9)10/h6H,3-5H2,1-2H3. The van der Waals surface area contributed by atoms with Gasteiger partial charge in [-0.05, 0) is 20.3 Å². The first kappa shape index (κ1) is 14.7. The van der Waals surface area contributed by atoms with Crippen LogP contribution in [0, 0.1) is 0 Å². The topological polar surface area (TPSA) is 52.6 Å². The molecular formula is C7H13F3O4S. The van der Waals surface area contributed by atoms with Gasteiger partial charge in [0, 0.05) is 6.61 Å². The number of hydrogen-bond acceptors (Lipinski definition) is 4. The summed E-state index contributed by atoms with van der Waals surface area (Å²) in [5, 5.41) is 0. The minimum atomic E-state index is -5.45. The predicted molar refractivity (Wildman–Crippen MR) is 46.6 cm³/mol. The molecule has 0 atom stereocenters. The van der Waals surface area contributed by atoms with Crippen molar-refractivity contribution >= 4 is 10.1 Å². The molecule has 0 aliphatic heterocycles. The molecule has 15 heavy (non-hydrogen) atoms. The molecule has 0 heterocycles. The van der Waals surface area contributed by atoms with Crippen molar-refractivity contribution in [1.82, 2.24) is 0 Å². The Hall–Kier alpha value is -0.340. The molecule has 92 valence electrons. The van der Waals surface area contributed by atoms with E-state index in [0.29, 0.717) is 0 Å². The van der Waals surface area contributed by atoms with Gasteiger partial charge in [-0.25, -0.2) is 0 Å². The van der Waals surface area contributed by atoms with Crippen molar-refractivity contribution in [3.8, 4) is 0 Å². The number of ether oxygens (including phenoxy) is 1. The first-order chi connectivity index (χ1) is 6.67. The Morgan fingerprint density at radius 2 is 1.73 bits per heavy atom. The van der Waals surface area contributed by atoms with Crippen molar-refractivity contribution in [3.63, 3.8) is 0 Å². The summed E-state index contributed by atoms with van der Waals surface area (Å²) in [5.41, 5.74) is -5.36. The van der Waals surface area contributed by atoms with Crippen molar-refractivity contribution in [3.05, 3.63) is 0 Å². The molecule has 0 amide bonds. The van der Waals surface area contributed by atoms with Crippen LogP contribution in [0.2, 0.25) is 0 Å². The first-order valence-corrected chi connectivity index (χ1v) is 5.65. The zero-order valence-electron chi connectivity index (χ0n) is 8.37. The molecule has 0 N–H and O–H groups in total. The lowest BCUT2D eigenvalue weighted by Gasteiger charge is -2.09. The highest BCUT2D eigenvalue weighted by Gasteiger charge is 2.47. The van der Waals surface area contributed by atoms with Gasteiger partial charge in [0.1, 0.15) is 0 Å². The van der Waals surface area contributed by atoms with Gasteiger partial charge in [-0.1, -0.05) is 0 Å². The normalized spacial score (nSPS) is 13.5. The summed E-state index contributed by atoms with van der Waals surface area (Å²) in [6.07, 6.45) is 0.0391. The third kappa shape index (κ3) is 5.95. The minimum absolute atomic E-state index is 0.0516. The lowest BCUT2D eigenvalue weighted by atomic mass is 10.4. The van der Waals surface area contributed by atoms with Crippen LogP contribution in [0.3, 0.4) is 0 Å². The van der Waals surface area contributed by atoms with Crippen LogP contribution in [-0.2, 0) is 19.0 Å². The van der Waals surface area contributed by atoms with Crippen LogP contribution in [0.15, 0.2) is 0 Å². The molecule has 8 heteroatoms. The lowest BCUT2D eigenvalue weighted by Crippen LogP contribution is -2.26. The molecule has 0 bridgehead atoms. The van der Waals surface area contributed by atoms with E-state index in [-0.39, 0.29) is 19.1 Å². The smallest absolute Gasteiger partial charge is 0.379 e. The largest absolute Gasteiger partial charge is 0.523 e. The second-order valence-corrected chi connectivity index (χ2v) is 4.60. The Bertz CT molecular complexity index is 270. The van der Waals surface area contributed by atoms with E-state index < -0.39 is 22.2 Å². The van der Waals surface area contributed by atoms with E-state index in [1.54, 1.807) is 13.8 Å². The molecule has 0 saturated heterocycles. The molecule has 0 rings (SSSR count). The summed E-state index contributed by atoms with van der Waals surface area (Å²) in [7, 11) is -5.45. The summed E-state index contributed by atoms with van der Waals surface area (Å²) in [4.78, 5) is 0. The Labute approximate surface area is 86.5 Å². The van der Waals surface area contributed by atoms with Crippen molar-refractivity contribution in [2.24, 2.45) is 0 Å². The second kappa shape index (κ2) is 5.66. The highest BCUT2D eigenvalue weighted by atomic mass is 32.2. The summed E-state index contributed by atoms with van der Waals surface area (Å²) in [6.45, 7) is 3.14. The Morgan fingerprint density at radius 1 is 1.20 bits per heavy atom. The SMILES string of the molecule is CC(C)OCCCOS(=O)(=O)C(F)(F)F. The zero-order valence-corrected chi connectivity index (χ0v) is 9.19. The van der Waals surface area contributed by atoms with E-state index in [4.69, 9.17) is 4.74 Å². The lowest BCUT2D eigenvalue weighted by molar-refractivity contribution is -0.0547. The zero-order chi connectivity index (χ0) is 12.1. The fourth-order valence-corrected chi connectivity index (χ4v) is 1.08. The van der Waals surface area contributed by atoms with Gasteiger partial charge in [0.2, 0.25) is 0 Å². The summed E-state index contributed by atoms with van der Waals surface area (Å²) in [5.74, 6) is 0. The summed E-state index contributed by atoms with van der Waals surface area (Å²) < 4.78 is 64.6. The van der Waals surface area contributed by atoms with Crippen LogP contribution >= 0.6 is 0 Å². The Morgan fingerprint density at radius 3 is 2.13 bits per heavy atom. The van der Waals surface area contributed by atoms with Crippen LogP contribution in [-0.4, -0.2) is 33.2 Å². The maximum atomic E-state index is 11.7. The molecule has 0 aliphatic rings. The van der Waals surface area contributed by atoms with Gasteiger partial charge in [0.05, 0.1) is 12.7 Å². The van der Waals surface area contributed by atoms with Crippen molar-refractivity contribution < 1.29 is 30.5 Å². The van der Waals surface area contributed by atoms with Crippen LogP contribution in [0.1, 0.15) is 20.3 Å². The molecule has 0 aromatic heterocycles. The molecule has 0 unspecified atom stereocenters. The van der Waals surface area contributed by atoms with Crippen molar-refractivity contribution in [2.45, 2.75) is 31.9 Å². The molecule has 0 saturated carbocycles. The minimum Gasteiger partial charge on any atom is -0.379 e. The fourth-order valence-electron chi connectivity index (χ4n) is 0.613. The van der Waals surface area contributed by atoms with Gasteiger partial charge in [0.25, 0.3) is 0 Å². The summed E-state index contributed by atoms with van der Waals surface area (Å²) in [6, 6.07) is 0. The van der Waals surface area contributed by atoms with Gasteiger partial charge in [-0.3, -0.25) is 4.18 Å². The van der Waals surface area contributed by atoms with Crippen molar-refractivity contribution in [2.75, 3.05) is 13.2 Å². The number of alkyl halides is 3. The van der Waals surface area contributed by atoms with Gasteiger partial charge < -0.3 is 4.74 Å². The van der Waals surface area contributed by atoms with E-state index in [1.165, 1.54) is 0 Å². The third-order valence-corrected chi connectivity index (χ3v) is 2.31. The quantitative estimate of drug-likeness (QED) is 0.409. The maximum absolute atomic E-state index is 11.7. The number of hydrogen-bond donors (Lipinski definition) is 0. The second-order valence-electron chi connectivity index (χ2n) is 2.99. The Balaban J connectivity index is 3.78. The monoisotopic (exact) mass is 250 g/mol. The van der Waals surface area contributed by atoms with Crippen molar-refractivity contribution in [1.29, 1.82) is 0 Å². The van der Waals surface area contributed by atoms with E-state index in [9.17, 15) is 21.6 Å². The highest BCUT2D eigenvalue weighted by Crippen LogP contribution is 2.24. The van der Waals surface area contributed by atoms with E-state index in [2.05, 4.69) is 4.18 Å². The average molecular weight is 250 g/mol. The fraction of sp³-hybridized carbons (Fsp3) is 1.00. The van der Waals surface area contributed by atoms with E-state index in [0.717, 1.165) is 0 Å². The van der Waals surface area contributed by atoms with Crippen LogP contribution in [0.25, 0.3) is 0 Å². The van der Waals surface area contributed by atoms with Gasteiger partial charge in [0.15, 0.2) is 0 Å². The average Bonchev–Trinajstić information content (AvgIpc) is 2.00. The van der Waals surface area contributed by atoms with Gasteiger partial charge >= 0.3 is 15.6 Å². The van der Waals surface area contributed by atoms with E-state index >= 15 is 0 Å². The molecule has 0 spiro atoms. The van der Waals surface area contributed by atoms with Crippen LogP contribution in [0.5, 0.6) is 0 Å². The molecular weight excluding hydrogens is 237 g/mol. The molecule has 4 nitrogen and oxygen atoms in total. The van der Waals surface area contributed by atoms with Crippen LogP contribution < -0.4 is 0 Å².